The molecule has 0 saturated carbocycles. The highest BCUT2D eigenvalue weighted by molar-refractivity contribution is 5.93. The van der Waals surface area contributed by atoms with E-state index in [1.165, 1.54) is 25.7 Å². The smallest absolute Gasteiger partial charge is 0.243 e. The van der Waals surface area contributed by atoms with E-state index in [-0.39, 0.29) is 12.5 Å². The summed E-state index contributed by atoms with van der Waals surface area (Å²) in [4.78, 5) is 12.2. The van der Waals surface area contributed by atoms with Gasteiger partial charge >= 0.3 is 0 Å². The van der Waals surface area contributed by atoms with E-state index < -0.39 is 0 Å². The lowest BCUT2D eigenvalue weighted by Crippen LogP contribution is -2.21. The SMILES string of the molecule is CCCCCCCOc1ccc(NCC(=O)Nc2ccc(OCCOCC)cc2)cc1. The number of amides is 1. The second kappa shape index (κ2) is 15.1. The lowest BCUT2D eigenvalue weighted by molar-refractivity contribution is -0.114. The number of ether oxygens (including phenoxy) is 3. The van der Waals surface area contributed by atoms with Crippen LogP contribution in [0.2, 0.25) is 0 Å². The van der Waals surface area contributed by atoms with Crippen molar-refractivity contribution in [2.75, 3.05) is 43.6 Å². The van der Waals surface area contributed by atoms with E-state index in [2.05, 4.69) is 17.6 Å². The van der Waals surface area contributed by atoms with Crippen molar-refractivity contribution in [3.05, 3.63) is 48.5 Å². The number of benzene rings is 2. The van der Waals surface area contributed by atoms with Gasteiger partial charge < -0.3 is 24.8 Å². The van der Waals surface area contributed by atoms with Gasteiger partial charge in [-0.1, -0.05) is 32.6 Å². The molecule has 0 atom stereocenters. The van der Waals surface area contributed by atoms with Crippen LogP contribution in [0.15, 0.2) is 48.5 Å². The Balaban J connectivity index is 1.64. The topological polar surface area (TPSA) is 68.8 Å². The van der Waals surface area contributed by atoms with Crippen molar-refractivity contribution in [1.82, 2.24) is 0 Å². The monoisotopic (exact) mass is 428 g/mol. The molecule has 0 spiro atoms. The van der Waals surface area contributed by atoms with Crippen LogP contribution in [0.25, 0.3) is 0 Å². The zero-order valence-corrected chi connectivity index (χ0v) is 18.8. The fourth-order valence-corrected chi connectivity index (χ4v) is 2.95. The van der Waals surface area contributed by atoms with Gasteiger partial charge in [0, 0.05) is 18.0 Å². The van der Waals surface area contributed by atoms with E-state index in [1.54, 1.807) is 0 Å². The Bertz CT molecular complexity index is 732. The Kier molecular flexibility index (Phi) is 12.0. The minimum absolute atomic E-state index is 0.114. The lowest BCUT2D eigenvalue weighted by atomic mass is 10.2. The van der Waals surface area contributed by atoms with E-state index in [1.807, 2.05) is 55.5 Å². The predicted molar refractivity (Wildman–Crippen MR) is 126 cm³/mol. The van der Waals surface area contributed by atoms with Crippen molar-refractivity contribution < 1.29 is 19.0 Å². The predicted octanol–water partition coefficient (Wildman–Crippen LogP) is 5.50. The summed E-state index contributed by atoms with van der Waals surface area (Å²) < 4.78 is 16.6. The zero-order valence-electron chi connectivity index (χ0n) is 18.8. The highest BCUT2D eigenvalue weighted by atomic mass is 16.5. The molecule has 0 aliphatic carbocycles. The summed E-state index contributed by atoms with van der Waals surface area (Å²) in [6.07, 6.45) is 6.12. The molecule has 2 rings (SSSR count). The first-order chi connectivity index (χ1) is 15.2. The molecule has 6 heteroatoms. The maximum absolute atomic E-state index is 12.2. The molecule has 0 aliphatic heterocycles. The van der Waals surface area contributed by atoms with Gasteiger partial charge in [-0.2, -0.15) is 0 Å². The van der Waals surface area contributed by atoms with Gasteiger partial charge in [-0.15, -0.1) is 0 Å². The number of anilines is 2. The summed E-state index contributed by atoms with van der Waals surface area (Å²) in [5.74, 6) is 1.49. The summed E-state index contributed by atoms with van der Waals surface area (Å²) in [5, 5.41) is 6.00. The average molecular weight is 429 g/mol. The highest BCUT2D eigenvalue weighted by Crippen LogP contribution is 2.17. The number of rotatable bonds is 16. The summed E-state index contributed by atoms with van der Waals surface area (Å²) in [5.41, 5.74) is 1.61. The maximum atomic E-state index is 12.2. The zero-order chi connectivity index (χ0) is 22.2. The first-order valence-electron chi connectivity index (χ1n) is 11.3. The van der Waals surface area contributed by atoms with Crippen molar-refractivity contribution in [1.29, 1.82) is 0 Å². The van der Waals surface area contributed by atoms with Crippen molar-refractivity contribution in [2.24, 2.45) is 0 Å². The molecule has 2 aromatic rings. The number of nitrogens with one attached hydrogen (secondary N) is 2. The number of carbonyl (C=O) groups is 1. The molecule has 0 saturated heterocycles. The summed E-state index contributed by atoms with van der Waals surface area (Å²) >= 11 is 0. The molecule has 2 aromatic carbocycles. The van der Waals surface area contributed by atoms with Gasteiger partial charge in [0.25, 0.3) is 0 Å². The van der Waals surface area contributed by atoms with Gasteiger partial charge in [0.05, 0.1) is 19.8 Å². The number of carbonyl (C=O) groups excluding carboxylic acids is 1. The molecule has 170 valence electrons. The standard InChI is InChI=1S/C25H36N2O4/c1-3-5-6-7-8-17-30-23-13-9-21(10-14-23)26-20-25(28)27-22-11-15-24(16-12-22)31-19-18-29-4-2/h9-16,26H,3-8,17-20H2,1-2H3,(H,27,28). The van der Waals surface area contributed by atoms with Gasteiger partial charge in [0.15, 0.2) is 0 Å². The van der Waals surface area contributed by atoms with E-state index in [0.29, 0.717) is 19.8 Å². The van der Waals surface area contributed by atoms with Gasteiger partial charge in [-0.25, -0.2) is 0 Å². The third-order valence-corrected chi connectivity index (χ3v) is 4.66. The van der Waals surface area contributed by atoms with Crippen LogP contribution in [-0.2, 0) is 9.53 Å². The molecule has 31 heavy (non-hydrogen) atoms. The number of hydrogen-bond donors (Lipinski definition) is 2. The van der Waals surface area contributed by atoms with Crippen LogP contribution in [0.1, 0.15) is 46.0 Å². The van der Waals surface area contributed by atoms with Crippen molar-refractivity contribution in [2.45, 2.75) is 46.0 Å². The molecule has 0 fully saturated rings. The van der Waals surface area contributed by atoms with Crippen LogP contribution in [-0.4, -0.2) is 38.9 Å². The van der Waals surface area contributed by atoms with Crippen molar-refractivity contribution >= 4 is 17.3 Å². The van der Waals surface area contributed by atoms with Crippen LogP contribution in [0.3, 0.4) is 0 Å². The third-order valence-electron chi connectivity index (χ3n) is 4.66. The first kappa shape index (κ1) is 24.5. The van der Waals surface area contributed by atoms with Crippen molar-refractivity contribution in [3.63, 3.8) is 0 Å². The Labute approximate surface area is 186 Å². The number of unbranched alkanes of at least 4 members (excludes halogenated alkanes) is 4. The Morgan fingerprint density at radius 1 is 0.742 bits per heavy atom. The summed E-state index contributed by atoms with van der Waals surface area (Å²) in [6, 6.07) is 15.0. The average Bonchev–Trinajstić information content (AvgIpc) is 2.79. The normalized spacial score (nSPS) is 10.5. The molecule has 6 nitrogen and oxygen atoms in total. The third kappa shape index (κ3) is 10.7. The highest BCUT2D eigenvalue weighted by Gasteiger charge is 2.04. The second-order valence-corrected chi connectivity index (χ2v) is 7.26. The van der Waals surface area contributed by atoms with E-state index in [9.17, 15) is 4.79 Å². The quantitative estimate of drug-likeness (QED) is 0.346. The fourth-order valence-electron chi connectivity index (χ4n) is 2.95. The maximum Gasteiger partial charge on any atom is 0.243 e. The first-order valence-corrected chi connectivity index (χ1v) is 11.3. The summed E-state index contributed by atoms with van der Waals surface area (Å²) in [6.45, 7) is 6.85. The Morgan fingerprint density at radius 2 is 1.35 bits per heavy atom. The minimum atomic E-state index is -0.114. The molecular weight excluding hydrogens is 392 g/mol. The summed E-state index contributed by atoms with van der Waals surface area (Å²) in [7, 11) is 0. The fraction of sp³-hybridized carbons (Fsp3) is 0.480. The molecule has 2 N–H and O–H groups in total. The van der Waals surface area contributed by atoms with Crippen molar-refractivity contribution in [3.8, 4) is 11.5 Å². The van der Waals surface area contributed by atoms with Gasteiger partial charge in [0.1, 0.15) is 18.1 Å². The Morgan fingerprint density at radius 3 is 2.00 bits per heavy atom. The van der Waals surface area contributed by atoms with Crippen LogP contribution in [0, 0.1) is 0 Å². The Hall–Kier alpha value is -2.73. The molecule has 0 aliphatic rings. The molecule has 0 heterocycles. The van der Waals surface area contributed by atoms with Gasteiger partial charge in [-0.05, 0) is 61.9 Å². The molecule has 0 unspecified atom stereocenters. The molecular formula is C25H36N2O4. The number of hydrogen-bond acceptors (Lipinski definition) is 5. The molecule has 0 aromatic heterocycles. The van der Waals surface area contributed by atoms with E-state index in [4.69, 9.17) is 14.2 Å². The molecule has 0 bridgehead atoms. The minimum Gasteiger partial charge on any atom is -0.494 e. The van der Waals surface area contributed by atoms with E-state index >= 15 is 0 Å². The van der Waals surface area contributed by atoms with Crippen LogP contribution < -0.4 is 20.1 Å². The second-order valence-electron chi connectivity index (χ2n) is 7.26. The van der Waals surface area contributed by atoms with Crippen LogP contribution in [0.4, 0.5) is 11.4 Å². The lowest BCUT2D eigenvalue weighted by Gasteiger charge is -2.10. The molecule has 1 amide bonds. The van der Waals surface area contributed by atoms with Crippen LogP contribution in [0.5, 0.6) is 11.5 Å². The van der Waals surface area contributed by atoms with Gasteiger partial charge in [0.2, 0.25) is 5.91 Å². The van der Waals surface area contributed by atoms with E-state index in [0.717, 1.165) is 35.9 Å². The molecule has 0 radical (unpaired) electrons. The van der Waals surface area contributed by atoms with Crippen LogP contribution >= 0.6 is 0 Å². The largest absolute Gasteiger partial charge is 0.494 e. The van der Waals surface area contributed by atoms with Gasteiger partial charge in [-0.3, -0.25) is 4.79 Å².